The third-order valence-electron chi connectivity index (χ3n) is 4.18. The predicted octanol–water partition coefficient (Wildman–Crippen LogP) is 2.54. The highest BCUT2D eigenvalue weighted by Gasteiger charge is 2.42. The van der Waals surface area contributed by atoms with Crippen LogP contribution in [0.4, 0.5) is 0 Å². The zero-order valence-corrected chi connectivity index (χ0v) is 12.1. The number of ether oxygens (including phenoxy) is 1. The largest absolute Gasteiger partial charge is 0.481 e. The highest BCUT2D eigenvalue weighted by molar-refractivity contribution is 5.76. The summed E-state index contributed by atoms with van der Waals surface area (Å²) in [4.78, 5) is 23.5. The number of pyridine rings is 1. The van der Waals surface area contributed by atoms with Gasteiger partial charge in [0.15, 0.2) is 5.65 Å². The molecule has 2 aromatic rings. The third-order valence-corrected chi connectivity index (χ3v) is 4.18. The quantitative estimate of drug-likeness (QED) is 0.883. The molecule has 0 saturated heterocycles. The van der Waals surface area contributed by atoms with Gasteiger partial charge in [0, 0.05) is 12.5 Å². The molecule has 3 rings (SSSR count). The summed E-state index contributed by atoms with van der Waals surface area (Å²) in [6, 6.07) is 3.66. The van der Waals surface area contributed by atoms with Gasteiger partial charge < -0.3 is 14.8 Å². The number of nitrogens with zero attached hydrogens (tertiary/aromatic N) is 2. The minimum absolute atomic E-state index is 0.433. The number of carbonyl (C=O) groups is 1. The van der Waals surface area contributed by atoms with Gasteiger partial charge in [0.2, 0.25) is 5.88 Å². The first-order valence-electron chi connectivity index (χ1n) is 7.35. The van der Waals surface area contributed by atoms with Gasteiger partial charge in [-0.2, -0.15) is 4.98 Å². The average molecular weight is 289 g/mol. The van der Waals surface area contributed by atoms with Gasteiger partial charge in [0.25, 0.3) is 0 Å². The van der Waals surface area contributed by atoms with Crippen LogP contribution >= 0.6 is 0 Å². The molecule has 1 aliphatic rings. The first kappa shape index (κ1) is 13.9. The number of aromatic nitrogens is 3. The number of H-pyrrole nitrogens is 1. The van der Waals surface area contributed by atoms with Gasteiger partial charge >= 0.3 is 5.97 Å². The molecule has 1 aliphatic carbocycles. The number of imidazole rings is 1. The number of aliphatic carboxylic acids is 1. The molecule has 0 amide bonds. The normalized spacial score (nSPS) is 17.2. The fourth-order valence-electron chi connectivity index (χ4n) is 3.08. The second kappa shape index (κ2) is 5.35. The monoisotopic (exact) mass is 289 g/mol. The summed E-state index contributed by atoms with van der Waals surface area (Å²) < 4.78 is 5.36. The molecule has 6 heteroatoms. The Labute approximate surface area is 122 Å². The Morgan fingerprint density at radius 3 is 2.81 bits per heavy atom. The van der Waals surface area contributed by atoms with Gasteiger partial charge in [0.05, 0.1) is 17.5 Å². The molecule has 1 saturated carbocycles. The molecule has 0 aliphatic heterocycles. The zero-order chi connectivity index (χ0) is 14.9. The Bertz CT molecular complexity index is 659. The summed E-state index contributed by atoms with van der Waals surface area (Å²) in [6.07, 6.45) is 3.81. The number of hydrogen-bond donors (Lipinski definition) is 2. The molecular weight excluding hydrogens is 270 g/mol. The van der Waals surface area contributed by atoms with Crippen LogP contribution in [0.3, 0.4) is 0 Å². The summed E-state index contributed by atoms with van der Waals surface area (Å²) in [5.74, 6) is 0.510. The summed E-state index contributed by atoms with van der Waals surface area (Å²) in [6.45, 7) is 2.45. The lowest BCUT2D eigenvalue weighted by Gasteiger charge is -2.22. The fraction of sp³-hybridized carbons (Fsp3) is 0.533. The molecule has 21 heavy (non-hydrogen) atoms. The van der Waals surface area contributed by atoms with Crippen molar-refractivity contribution in [2.24, 2.45) is 5.41 Å². The molecular formula is C15H19N3O3. The molecule has 0 bridgehead atoms. The topological polar surface area (TPSA) is 88.1 Å². The van der Waals surface area contributed by atoms with Gasteiger partial charge in [-0.15, -0.1) is 0 Å². The Balaban J connectivity index is 1.88. The number of carboxylic acids is 1. The molecule has 2 N–H and O–H groups in total. The van der Waals surface area contributed by atoms with E-state index in [1.807, 2.05) is 13.0 Å². The van der Waals surface area contributed by atoms with Crippen molar-refractivity contribution >= 4 is 17.1 Å². The number of hydrogen-bond acceptors (Lipinski definition) is 4. The minimum Gasteiger partial charge on any atom is -0.481 e. The van der Waals surface area contributed by atoms with E-state index in [0.717, 1.165) is 31.2 Å². The van der Waals surface area contributed by atoms with E-state index < -0.39 is 11.4 Å². The van der Waals surface area contributed by atoms with Gasteiger partial charge in [-0.3, -0.25) is 4.79 Å². The molecule has 112 valence electrons. The number of fused-ring (bicyclic) bond motifs is 1. The average Bonchev–Trinajstić information content (AvgIpc) is 3.06. The highest BCUT2D eigenvalue weighted by Crippen LogP contribution is 2.41. The SMILES string of the molecule is CCOc1ccc2[nH]c(CC3(C(=O)O)CCCC3)nc2n1. The Kier molecular flexibility index (Phi) is 3.53. The van der Waals surface area contributed by atoms with Crippen LogP contribution in [0.5, 0.6) is 5.88 Å². The first-order valence-corrected chi connectivity index (χ1v) is 7.35. The summed E-state index contributed by atoms with van der Waals surface area (Å²) in [5, 5.41) is 9.54. The van der Waals surface area contributed by atoms with E-state index in [1.165, 1.54) is 0 Å². The van der Waals surface area contributed by atoms with Crippen LogP contribution in [-0.4, -0.2) is 32.6 Å². The Morgan fingerprint density at radius 2 is 2.14 bits per heavy atom. The van der Waals surface area contributed by atoms with Crippen LogP contribution in [0.15, 0.2) is 12.1 Å². The van der Waals surface area contributed by atoms with E-state index >= 15 is 0 Å². The molecule has 0 aromatic carbocycles. The Morgan fingerprint density at radius 1 is 1.38 bits per heavy atom. The van der Waals surface area contributed by atoms with Crippen molar-refractivity contribution in [2.45, 2.75) is 39.0 Å². The molecule has 0 spiro atoms. The molecule has 6 nitrogen and oxygen atoms in total. The zero-order valence-electron chi connectivity index (χ0n) is 12.1. The predicted molar refractivity (Wildman–Crippen MR) is 77.3 cm³/mol. The van der Waals surface area contributed by atoms with Crippen molar-refractivity contribution in [2.75, 3.05) is 6.61 Å². The fourth-order valence-corrected chi connectivity index (χ4v) is 3.08. The second-order valence-electron chi connectivity index (χ2n) is 5.61. The van der Waals surface area contributed by atoms with Crippen LogP contribution in [-0.2, 0) is 11.2 Å². The molecule has 2 heterocycles. The molecule has 1 fully saturated rings. The van der Waals surface area contributed by atoms with Crippen molar-refractivity contribution in [1.82, 2.24) is 15.0 Å². The lowest BCUT2D eigenvalue weighted by atomic mass is 9.82. The van der Waals surface area contributed by atoms with Crippen LogP contribution in [0, 0.1) is 5.41 Å². The summed E-state index contributed by atoms with van der Waals surface area (Å²) in [5.41, 5.74) is 0.720. The van der Waals surface area contributed by atoms with Crippen molar-refractivity contribution in [3.8, 4) is 5.88 Å². The lowest BCUT2D eigenvalue weighted by Crippen LogP contribution is -2.30. The number of carboxylic acid groups (broad SMARTS) is 1. The van der Waals surface area contributed by atoms with Gasteiger partial charge in [-0.25, -0.2) is 4.98 Å². The molecule has 0 atom stereocenters. The number of nitrogens with one attached hydrogen (secondary N) is 1. The van der Waals surface area contributed by atoms with Crippen LogP contribution in [0.25, 0.3) is 11.2 Å². The molecule has 0 unspecified atom stereocenters. The van der Waals surface area contributed by atoms with E-state index in [4.69, 9.17) is 4.74 Å². The maximum atomic E-state index is 11.6. The van der Waals surface area contributed by atoms with Crippen LogP contribution < -0.4 is 4.74 Å². The molecule has 0 radical (unpaired) electrons. The van der Waals surface area contributed by atoms with E-state index in [1.54, 1.807) is 6.07 Å². The van der Waals surface area contributed by atoms with Gasteiger partial charge in [0.1, 0.15) is 5.82 Å². The number of rotatable bonds is 5. The number of aromatic amines is 1. The second-order valence-corrected chi connectivity index (χ2v) is 5.61. The van der Waals surface area contributed by atoms with Crippen molar-refractivity contribution in [1.29, 1.82) is 0 Å². The van der Waals surface area contributed by atoms with Crippen LogP contribution in [0.1, 0.15) is 38.4 Å². The smallest absolute Gasteiger partial charge is 0.310 e. The summed E-state index contributed by atoms with van der Waals surface area (Å²) in [7, 11) is 0. The van der Waals surface area contributed by atoms with Gasteiger partial charge in [-0.05, 0) is 25.8 Å². The maximum Gasteiger partial charge on any atom is 0.310 e. The standard InChI is InChI=1S/C15H19N3O3/c1-2-21-12-6-5-10-13(18-12)17-11(16-10)9-15(14(19)20)7-3-4-8-15/h5-6H,2-4,7-9H2,1H3,(H,19,20)(H,16,17,18). The van der Waals surface area contributed by atoms with E-state index in [0.29, 0.717) is 30.4 Å². The van der Waals surface area contributed by atoms with Crippen LogP contribution in [0.2, 0.25) is 0 Å². The van der Waals surface area contributed by atoms with Crippen molar-refractivity contribution in [3.05, 3.63) is 18.0 Å². The lowest BCUT2D eigenvalue weighted by molar-refractivity contribution is -0.148. The van der Waals surface area contributed by atoms with E-state index in [2.05, 4.69) is 15.0 Å². The van der Waals surface area contributed by atoms with E-state index in [9.17, 15) is 9.90 Å². The Hall–Kier alpha value is -2.11. The van der Waals surface area contributed by atoms with Gasteiger partial charge in [-0.1, -0.05) is 12.8 Å². The first-order chi connectivity index (χ1) is 10.1. The highest BCUT2D eigenvalue weighted by atomic mass is 16.5. The minimum atomic E-state index is -0.719. The third kappa shape index (κ3) is 2.57. The molecule has 2 aromatic heterocycles. The van der Waals surface area contributed by atoms with Crippen molar-refractivity contribution in [3.63, 3.8) is 0 Å². The van der Waals surface area contributed by atoms with Crippen molar-refractivity contribution < 1.29 is 14.6 Å². The van der Waals surface area contributed by atoms with E-state index in [-0.39, 0.29) is 0 Å². The summed E-state index contributed by atoms with van der Waals surface area (Å²) >= 11 is 0. The maximum absolute atomic E-state index is 11.6.